The number of aromatic nitrogens is 4. The minimum absolute atomic E-state index is 0.0867. The number of nitrogens with zero attached hydrogens (tertiary/aromatic N) is 4. The SMILES string of the molecule is O=c1c(C(F)(F)F)cc(C2CC2)nn1CCCn1nc(C2CC2)cc(C(F)(F)F)c1=O. The molecule has 6 nitrogen and oxygen atoms in total. The predicted octanol–water partition coefficient (Wildman–Crippen LogP) is 3.68. The molecule has 2 saturated carbocycles. The molecule has 0 unspecified atom stereocenters. The van der Waals surface area contributed by atoms with E-state index in [0.717, 1.165) is 12.1 Å². The fourth-order valence-corrected chi connectivity index (χ4v) is 3.36. The first-order valence-electron chi connectivity index (χ1n) is 9.83. The van der Waals surface area contributed by atoms with Gasteiger partial charge in [-0.15, -0.1) is 0 Å². The highest BCUT2D eigenvalue weighted by atomic mass is 19.4. The van der Waals surface area contributed by atoms with Gasteiger partial charge in [-0.2, -0.15) is 36.5 Å². The van der Waals surface area contributed by atoms with Crippen LogP contribution in [-0.4, -0.2) is 19.6 Å². The van der Waals surface area contributed by atoms with Crippen LogP contribution in [0.1, 0.15) is 66.5 Å². The van der Waals surface area contributed by atoms with Crippen LogP contribution in [0.2, 0.25) is 0 Å². The zero-order valence-corrected chi connectivity index (χ0v) is 16.1. The molecule has 0 bridgehead atoms. The van der Waals surface area contributed by atoms with Crippen LogP contribution in [-0.2, 0) is 25.4 Å². The Labute approximate surface area is 171 Å². The summed E-state index contributed by atoms with van der Waals surface area (Å²) in [5.74, 6) is -0.274. The maximum atomic E-state index is 13.2. The van der Waals surface area contributed by atoms with Crippen molar-refractivity contribution >= 4 is 0 Å². The lowest BCUT2D eigenvalue weighted by Crippen LogP contribution is -2.34. The van der Waals surface area contributed by atoms with Gasteiger partial charge in [-0.05, 0) is 44.2 Å². The molecular formula is C19H18F6N4O2. The molecule has 0 saturated heterocycles. The molecule has 2 aliphatic rings. The lowest BCUT2D eigenvalue weighted by atomic mass is 10.2. The van der Waals surface area contributed by atoms with E-state index in [-0.39, 0.29) is 42.7 Å². The Morgan fingerprint density at radius 2 is 1.10 bits per heavy atom. The topological polar surface area (TPSA) is 69.8 Å². The molecule has 0 radical (unpaired) electrons. The Kier molecular flexibility index (Phi) is 5.21. The summed E-state index contributed by atoms with van der Waals surface area (Å²) in [5.41, 5.74) is -4.96. The summed E-state index contributed by atoms with van der Waals surface area (Å²) in [6, 6.07) is 1.52. The number of hydrogen-bond acceptors (Lipinski definition) is 4. The standard InChI is InChI=1S/C19H18F6N4O2/c20-18(21,22)12-8-14(10-2-3-10)26-28(16(12)30)6-1-7-29-17(31)13(19(23,24)25)9-15(27-29)11-4-5-11/h8-11H,1-7H2. The van der Waals surface area contributed by atoms with Crippen molar-refractivity contribution in [2.75, 3.05) is 0 Å². The second-order valence-electron chi connectivity index (χ2n) is 7.92. The Bertz CT molecular complexity index is 1020. The molecule has 2 aromatic rings. The third kappa shape index (κ3) is 4.67. The van der Waals surface area contributed by atoms with Crippen LogP contribution in [0, 0.1) is 0 Å². The summed E-state index contributed by atoms with van der Waals surface area (Å²) in [4.78, 5) is 24.4. The van der Waals surface area contributed by atoms with Crippen LogP contribution >= 0.6 is 0 Å². The third-order valence-electron chi connectivity index (χ3n) is 5.33. The van der Waals surface area contributed by atoms with Crippen LogP contribution in [0.5, 0.6) is 0 Å². The molecule has 0 aromatic carbocycles. The lowest BCUT2D eigenvalue weighted by molar-refractivity contribution is -0.140. The molecule has 12 heteroatoms. The molecule has 31 heavy (non-hydrogen) atoms. The number of rotatable bonds is 6. The maximum absolute atomic E-state index is 13.2. The molecule has 168 valence electrons. The highest BCUT2D eigenvalue weighted by Gasteiger charge is 2.39. The predicted molar refractivity (Wildman–Crippen MR) is 95.6 cm³/mol. The molecular weight excluding hydrogens is 430 g/mol. The number of halogens is 6. The average molecular weight is 448 g/mol. The van der Waals surface area contributed by atoms with E-state index in [2.05, 4.69) is 10.2 Å². The van der Waals surface area contributed by atoms with E-state index >= 15 is 0 Å². The van der Waals surface area contributed by atoms with Gasteiger partial charge in [-0.25, -0.2) is 9.36 Å². The summed E-state index contributed by atoms with van der Waals surface area (Å²) in [6.45, 7) is -0.572. The van der Waals surface area contributed by atoms with E-state index in [1.807, 2.05) is 0 Å². The normalized spacial score (nSPS) is 17.2. The molecule has 2 aromatic heterocycles. The monoisotopic (exact) mass is 448 g/mol. The molecule has 4 rings (SSSR count). The van der Waals surface area contributed by atoms with E-state index in [9.17, 15) is 35.9 Å². The van der Waals surface area contributed by atoms with Gasteiger partial charge < -0.3 is 0 Å². The van der Waals surface area contributed by atoms with Crippen molar-refractivity contribution in [3.8, 4) is 0 Å². The number of alkyl halides is 6. The third-order valence-corrected chi connectivity index (χ3v) is 5.33. The first kappa shape index (κ1) is 21.6. The average Bonchev–Trinajstić information content (AvgIpc) is 3.53. The van der Waals surface area contributed by atoms with Gasteiger partial charge in [0.2, 0.25) is 0 Å². The Hall–Kier alpha value is -2.66. The molecule has 2 heterocycles. The zero-order valence-electron chi connectivity index (χ0n) is 16.1. The van der Waals surface area contributed by atoms with E-state index in [1.165, 1.54) is 0 Å². The van der Waals surface area contributed by atoms with Crippen LogP contribution in [0.25, 0.3) is 0 Å². The summed E-state index contributed by atoms with van der Waals surface area (Å²) >= 11 is 0. The van der Waals surface area contributed by atoms with Crippen molar-refractivity contribution in [2.24, 2.45) is 0 Å². The van der Waals surface area contributed by atoms with Gasteiger partial charge in [0.1, 0.15) is 11.1 Å². The van der Waals surface area contributed by atoms with Crippen molar-refractivity contribution in [3.05, 3.63) is 55.4 Å². The molecule has 0 spiro atoms. The lowest BCUT2D eigenvalue weighted by Gasteiger charge is -2.14. The Balaban J connectivity index is 1.59. The molecule has 0 atom stereocenters. The maximum Gasteiger partial charge on any atom is 0.421 e. The van der Waals surface area contributed by atoms with E-state index in [0.29, 0.717) is 35.0 Å². The van der Waals surface area contributed by atoms with E-state index < -0.39 is 34.6 Å². The van der Waals surface area contributed by atoms with Crippen LogP contribution < -0.4 is 11.1 Å². The summed E-state index contributed by atoms with van der Waals surface area (Å²) in [6.07, 6.45) is -7.07. The van der Waals surface area contributed by atoms with Gasteiger partial charge in [-0.1, -0.05) is 0 Å². The summed E-state index contributed by atoms with van der Waals surface area (Å²) in [5, 5.41) is 7.98. The van der Waals surface area contributed by atoms with Gasteiger partial charge >= 0.3 is 12.4 Å². The van der Waals surface area contributed by atoms with Crippen molar-refractivity contribution in [1.82, 2.24) is 19.6 Å². The zero-order chi connectivity index (χ0) is 22.6. The Morgan fingerprint density at radius 3 is 1.39 bits per heavy atom. The van der Waals surface area contributed by atoms with Gasteiger partial charge in [-0.3, -0.25) is 9.59 Å². The minimum atomic E-state index is -4.84. The Morgan fingerprint density at radius 1 is 0.742 bits per heavy atom. The second-order valence-corrected chi connectivity index (χ2v) is 7.92. The van der Waals surface area contributed by atoms with Crippen molar-refractivity contribution in [3.63, 3.8) is 0 Å². The summed E-state index contributed by atoms with van der Waals surface area (Å²) in [7, 11) is 0. The smallest absolute Gasteiger partial charge is 0.267 e. The fraction of sp³-hybridized carbons (Fsp3) is 0.579. The van der Waals surface area contributed by atoms with Crippen LogP contribution in [0.4, 0.5) is 26.3 Å². The van der Waals surface area contributed by atoms with Crippen molar-refractivity contribution in [2.45, 2.75) is 69.4 Å². The number of aryl methyl sites for hydroxylation is 2. The van der Waals surface area contributed by atoms with Crippen LogP contribution in [0.3, 0.4) is 0 Å². The van der Waals surface area contributed by atoms with Crippen molar-refractivity contribution < 1.29 is 26.3 Å². The van der Waals surface area contributed by atoms with E-state index in [1.54, 1.807) is 0 Å². The molecule has 0 aliphatic heterocycles. The largest absolute Gasteiger partial charge is 0.421 e. The van der Waals surface area contributed by atoms with Gasteiger partial charge in [0.25, 0.3) is 11.1 Å². The summed E-state index contributed by atoms with van der Waals surface area (Å²) < 4.78 is 80.6. The number of hydrogen-bond donors (Lipinski definition) is 0. The molecule has 2 fully saturated rings. The highest BCUT2D eigenvalue weighted by Crippen LogP contribution is 2.41. The van der Waals surface area contributed by atoms with Crippen molar-refractivity contribution in [1.29, 1.82) is 0 Å². The fourth-order valence-electron chi connectivity index (χ4n) is 3.36. The van der Waals surface area contributed by atoms with Gasteiger partial charge in [0.15, 0.2) is 0 Å². The minimum Gasteiger partial charge on any atom is -0.267 e. The second kappa shape index (κ2) is 7.49. The van der Waals surface area contributed by atoms with Gasteiger partial charge in [0.05, 0.1) is 11.4 Å². The highest BCUT2D eigenvalue weighted by molar-refractivity contribution is 5.23. The first-order valence-corrected chi connectivity index (χ1v) is 9.83. The molecule has 2 aliphatic carbocycles. The molecule has 0 amide bonds. The van der Waals surface area contributed by atoms with Gasteiger partial charge in [0, 0.05) is 24.9 Å². The quantitative estimate of drug-likeness (QED) is 0.633. The van der Waals surface area contributed by atoms with Crippen LogP contribution in [0.15, 0.2) is 21.7 Å². The first-order chi connectivity index (χ1) is 14.4. The van der Waals surface area contributed by atoms with E-state index in [4.69, 9.17) is 0 Å². The molecule has 0 N–H and O–H groups in total.